The van der Waals surface area contributed by atoms with E-state index in [9.17, 15) is 4.79 Å². The molecule has 0 aliphatic heterocycles. The Bertz CT molecular complexity index is 358. The van der Waals surface area contributed by atoms with E-state index in [1.54, 1.807) is 0 Å². The number of rotatable bonds is 6. The molecule has 0 bridgehead atoms. The van der Waals surface area contributed by atoms with Crippen molar-refractivity contribution in [1.82, 2.24) is 0 Å². The third-order valence-corrected chi connectivity index (χ3v) is 4.59. The van der Waals surface area contributed by atoms with Crippen LogP contribution < -0.4 is 0 Å². The van der Waals surface area contributed by atoms with Gasteiger partial charge >= 0.3 is 5.97 Å². The summed E-state index contributed by atoms with van der Waals surface area (Å²) in [4.78, 5) is 16.4. The van der Waals surface area contributed by atoms with Gasteiger partial charge < -0.3 is 9.94 Å². The molecule has 0 aromatic rings. The lowest BCUT2D eigenvalue weighted by Gasteiger charge is -2.23. The predicted molar refractivity (Wildman–Crippen MR) is 69.4 cm³/mol. The third-order valence-electron chi connectivity index (χ3n) is 4.59. The summed E-state index contributed by atoms with van der Waals surface area (Å²) in [5, 5.41) is 13.2. The molecule has 2 saturated carbocycles. The standard InChI is InChI=1S/C14H23NO3/c1-9(15-18-8-10-5-4-6-10)7-11-12(13(16)17)14(11,2)3/h10-12H,4-8H2,1-3H3,(H,16,17)/t11-,12-/m0/s1. The third kappa shape index (κ3) is 2.68. The molecule has 0 aromatic carbocycles. The maximum atomic E-state index is 11.0. The molecule has 0 unspecified atom stereocenters. The highest BCUT2D eigenvalue weighted by molar-refractivity contribution is 5.84. The van der Waals surface area contributed by atoms with Gasteiger partial charge in [0.15, 0.2) is 0 Å². The lowest BCUT2D eigenvalue weighted by Crippen LogP contribution is -2.16. The van der Waals surface area contributed by atoms with Crippen molar-refractivity contribution in [2.24, 2.45) is 28.3 Å². The largest absolute Gasteiger partial charge is 0.481 e. The predicted octanol–water partition coefficient (Wildman–Crippen LogP) is 2.93. The second-order valence-corrected chi connectivity index (χ2v) is 6.37. The van der Waals surface area contributed by atoms with Crippen molar-refractivity contribution >= 4 is 11.7 Å². The van der Waals surface area contributed by atoms with E-state index in [1.807, 2.05) is 20.8 Å². The molecule has 2 fully saturated rings. The van der Waals surface area contributed by atoms with Gasteiger partial charge in [-0.05, 0) is 43.4 Å². The molecule has 2 aliphatic rings. The Kier molecular flexibility index (Phi) is 3.64. The van der Waals surface area contributed by atoms with Gasteiger partial charge in [-0.25, -0.2) is 0 Å². The van der Waals surface area contributed by atoms with Crippen molar-refractivity contribution in [3.8, 4) is 0 Å². The number of nitrogens with zero attached hydrogens (tertiary/aromatic N) is 1. The molecule has 0 amide bonds. The van der Waals surface area contributed by atoms with Gasteiger partial charge in [0, 0.05) is 0 Å². The van der Waals surface area contributed by atoms with Gasteiger partial charge in [0.05, 0.1) is 11.6 Å². The van der Waals surface area contributed by atoms with E-state index in [2.05, 4.69) is 5.16 Å². The lowest BCUT2D eigenvalue weighted by molar-refractivity contribution is -0.139. The van der Waals surface area contributed by atoms with Crippen LogP contribution in [0.4, 0.5) is 0 Å². The zero-order chi connectivity index (χ0) is 13.3. The van der Waals surface area contributed by atoms with Gasteiger partial charge in [-0.15, -0.1) is 0 Å². The summed E-state index contributed by atoms with van der Waals surface area (Å²) in [7, 11) is 0. The molecule has 102 valence electrons. The Hall–Kier alpha value is -1.06. The van der Waals surface area contributed by atoms with Crippen molar-refractivity contribution in [3.63, 3.8) is 0 Å². The van der Waals surface area contributed by atoms with Gasteiger partial charge in [-0.1, -0.05) is 25.4 Å². The monoisotopic (exact) mass is 253 g/mol. The smallest absolute Gasteiger partial charge is 0.307 e. The van der Waals surface area contributed by atoms with Crippen molar-refractivity contribution in [3.05, 3.63) is 0 Å². The fourth-order valence-corrected chi connectivity index (χ4v) is 2.88. The minimum absolute atomic E-state index is 0.101. The topological polar surface area (TPSA) is 58.9 Å². The quantitative estimate of drug-likeness (QED) is 0.585. The van der Waals surface area contributed by atoms with Crippen molar-refractivity contribution in [1.29, 1.82) is 0 Å². The Morgan fingerprint density at radius 1 is 1.44 bits per heavy atom. The summed E-state index contributed by atoms with van der Waals surface area (Å²) in [6.07, 6.45) is 4.55. The maximum Gasteiger partial charge on any atom is 0.307 e. The number of carboxylic acids is 1. The fraction of sp³-hybridized carbons (Fsp3) is 0.857. The molecule has 0 radical (unpaired) electrons. The van der Waals surface area contributed by atoms with Crippen molar-refractivity contribution in [2.45, 2.75) is 46.5 Å². The average Bonchev–Trinajstić information content (AvgIpc) is 2.72. The van der Waals surface area contributed by atoms with Crippen LogP contribution in [-0.4, -0.2) is 23.4 Å². The van der Waals surface area contributed by atoms with Crippen LogP contribution in [-0.2, 0) is 9.63 Å². The molecule has 2 aliphatic carbocycles. The Morgan fingerprint density at radius 3 is 2.56 bits per heavy atom. The molecular weight excluding hydrogens is 230 g/mol. The summed E-state index contributed by atoms with van der Waals surface area (Å²) in [6, 6.07) is 0. The number of carboxylic acid groups (broad SMARTS) is 1. The number of hydrogen-bond donors (Lipinski definition) is 1. The molecule has 0 saturated heterocycles. The second-order valence-electron chi connectivity index (χ2n) is 6.37. The van der Waals surface area contributed by atoms with E-state index in [0.717, 1.165) is 12.1 Å². The molecule has 4 heteroatoms. The highest BCUT2D eigenvalue weighted by Crippen LogP contribution is 2.60. The van der Waals surface area contributed by atoms with Crippen LogP contribution in [0.1, 0.15) is 46.5 Å². The first-order valence-corrected chi connectivity index (χ1v) is 6.81. The normalized spacial score (nSPS) is 30.7. The number of carbonyl (C=O) groups is 1. The number of oxime groups is 1. The minimum Gasteiger partial charge on any atom is -0.481 e. The van der Waals surface area contributed by atoms with E-state index in [0.29, 0.717) is 12.5 Å². The van der Waals surface area contributed by atoms with E-state index in [-0.39, 0.29) is 17.3 Å². The Labute approximate surface area is 108 Å². The molecule has 0 spiro atoms. The van der Waals surface area contributed by atoms with Gasteiger partial charge in [-0.3, -0.25) is 4.79 Å². The fourth-order valence-electron chi connectivity index (χ4n) is 2.88. The first-order chi connectivity index (χ1) is 8.43. The summed E-state index contributed by atoms with van der Waals surface area (Å²) in [5.41, 5.74) is 0.812. The van der Waals surface area contributed by atoms with Crippen LogP contribution >= 0.6 is 0 Å². The van der Waals surface area contributed by atoms with Crippen LogP contribution in [0.15, 0.2) is 5.16 Å². The molecule has 0 aromatic heterocycles. The first kappa shape index (κ1) is 13.4. The molecule has 4 nitrogen and oxygen atoms in total. The summed E-state index contributed by atoms with van der Waals surface area (Å²) in [5.74, 6) is -0.0285. The lowest BCUT2D eigenvalue weighted by atomic mass is 9.86. The maximum absolute atomic E-state index is 11.0. The zero-order valence-electron chi connectivity index (χ0n) is 11.5. The molecular formula is C14H23NO3. The minimum atomic E-state index is -0.687. The molecule has 1 N–H and O–H groups in total. The zero-order valence-corrected chi connectivity index (χ0v) is 11.5. The van der Waals surface area contributed by atoms with E-state index >= 15 is 0 Å². The SMILES string of the molecule is CC(C[C@H]1[C@@H](C(=O)O)C1(C)C)=NOCC1CCC1. The Balaban J connectivity index is 1.75. The van der Waals surface area contributed by atoms with Crippen molar-refractivity contribution < 1.29 is 14.7 Å². The van der Waals surface area contributed by atoms with Crippen LogP contribution in [0.25, 0.3) is 0 Å². The molecule has 18 heavy (non-hydrogen) atoms. The van der Waals surface area contributed by atoms with E-state index in [1.165, 1.54) is 19.3 Å². The van der Waals surface area contributed by atoms with Crippen LogP contribution in [0.2, 0.25) is 0 Å². The van der Waals surface area contributed by atoms with E-state index < -0.39 is 5.97 Å². The van der Waals surface area contributed by atoms with Crippen LogP contribution in [0, 0.1) is 23.2 Å². The molecule has 2 rings (SSSR count). The summed E-state index contributed by atoms with van der Waals surface area (Å²) >= 11 is 0. The van der Waals surface area contributed by atoms with Crippen LogP contribution in [0.3, 0.4) is 0 Å². The second kappa shape index (κ2) is 4.90. The summed E-state index contributed by atoms with van der Waals surface area (Å²) in [6.45, 7) is 6.67. The van der Waals surface area contributed by atoms with Gasteiger partial charge in [-0.2, -0.15) is 0 Å². The Morgan fingerprint density at radius 2 is 2.11 bits per heavy atom. The average molecular weight is 253 g/mol. The number of aliphatic carboxylic acids is 1. The van der Waals surface area contributed by atoms with Gasteiger partial charge in [0.1, 0.15) is 6.61 Å². The summed E-state index contributed by atoms with van der Waals surface area (Å²) < 4.78 is 0. The highest BCUT2D eigenvalue weighted by Gasteiger charge is 2.61. The molecule has 0 heterocycles. The van der Waals surface area contributed by atoms with E-state index in [4.69, 9.17) is 9.94 Å². The van der Waals surface area contributed by atoms with Crippen molar-refractivity contribution in [2.75, 3.05) is 6.61 Å². The highest BCUT2D eigenvalue weighted by atomic mass is 16.6. The van der Waals surface area contributed by atoms with Crippen LogP contribution in [0.5, 0.6) is 0 Å². The first-order valence-electron chi connectivity index (χ1n) is 6.81. The van der Waals surface area contributed by atoms with Gasteiger partial charge in [0.25, 0.3) is 0 Å². The molecule has 2 atom stereocenters. The van der Waals surface area contributed by atoms with Gasteiger partial charge in [0.2, 0.25) is 0 Å². The number of hydrogen-bond acceptors (Lipinski definition) is 3.